The van der Waals surface area contributed by atoms with E-state index in [9.17, 15) is 14.5 Å². The van der Waals surface area contributed by atoms with Crippen molar-refractivity contribution >= 4 is 37.5 Å². The number of ether oxygens (including phenoxy) is 1. The molecule has 7 heteroatoms. The van der Waals surface area contributed by atoms with Crippen molar-refractivity contribution in [3.8, 4) is 5.75 Å². The molecule has 0 atom stereocenters. The molecule has 2 rings (SSSR count). The van der Waals surface area contributed by atoms with Gasteiger partial charge in [0.2, 0.25) is 0 Å². The molecule has 20 heavy (non-hydrogen) atoms. The van der Waals surface area contributed by atoms with Crippen LogP contribution in [0.1, 0.15) is 5.56 Å². The number of hydrogen-bond donors (Lipinski definition) is 0. The summed E-state index contributed by atoms with van der Waals surface area (Å²) in [6.07, 6.45) is 0. The number of rotatable bonds is 4. The molecule has 0 saturated carbocycles. The topological polar surface area (TPSA) is 52.4 Å². The molecule has 0 aliphatic carbocycles. The van der Waals surface area contributed by atoms with Crippen molar-refractivity contribution in [2.24, 2.45) is 0 Å². The third kappa shape index (κ3) is 3.55. The molecule has 0 aromatic heterocycles. The van der Waals surface area contributed by atoms with Gasteiger partial charge in [0.25, 0.3) is 5.69 Å². The summed E-state index contributed by atoms with van der Waals surface area (Å²) in [5.74, 6) is 0.136. The highest BCUT2D eigenvalue weighted by molar-refractivity contribution is 9.10. The van der Waals surface area contributed by atoms with Gasteiger partial charge >= 0.3 is 0 Å². The molecule has 0 amide bonds. The molecule has 0 saturated heterocycles. The number of hydrogen-bond acceptors (Lipinski definition) is 3. The summed E-state index contributed by atoms with van der Waals surface area (Å²) in [6.45, 7) is 0.219. The van der Waals surface area contributed by atoms with E-state index in [1.807, 2.05) is 0 Å². The summed E-state index contributed by atoms with van der Waals surface area (Å²) < 4.78 is 19.5. The first kappa shape index (κ1) is 14.9. The Balaban J connectivity index is 2.10. The van der Waals surface area contributed by atoms with Crippen molar-refractivity contribution in [3.63, 3.8) is 0 Å². The molecule has 2 aromatic rings. The molecule has 0 unspecified atom stereocenters. The fourth-order valence-electron chi connectivity index (χ4n) is 1.49. The minimum absolute atomic E-state index is 0.00477. The maximum Gasteiger partial charge on any atom is 0.270 e. The monoisotopic (exact) mass is 403 g/mol. The largest absolute Gasteiger partial charge is 0.489 e. The molecule has 0 heterocycles. The van der Waals surface area contributed by atoms with Crippen molar-refractivity contribution < 1.29 is 14.1 Å². The van der Waals surface area contributed by atoms with Crippen LogP contribution in [-0.4, -0.2) is 4.92 Å². The first-order valence-corrected chi connectivity index (χ1v) is 7.06. The number of non-ortho nitro benzene ring substituents is 1. The Labute approximate surface area is 131 Å². The van der Waals surface area contributed by atoms with Crippen LogP contribution < -0.4 is 4.74 Å². The van der Waals surface area contributed by atoms with Gasteiger partial charge in [0.05, 0.1) is 9.40 Å². The third-order valence-electron chi connectivity index (χ3n) is 2.53. The van der Waals surface area contributed by atoms with Gasteiger partial charge in [-0.25, -0.2) is 4.39 Å². The molecular formula is C13H8Br2FNO3. The maximum absolute atomic E-state index is 13.1. The van der Waals surface area contributed by atoms with Crippen molar-refractivity contribution in [2.75, 3.05) is 0 Å². The molecule has 0 N–H and O–H groups in total. The lowest BCUT2D eigenvalue weighted by molar-refractivity contribution is -0.384. The second kappa shape index (κ2) is 6.32. The smallest absolute Gasteiger partial charge is 0.270 e. The normalized spacial score (nSPS) is 10.3. The van der Waals surface area contributed by atoms with Crippen LogP contribution in [0.4, 0.5) is 10.1 Å². The highest BCUT2D eigenvalue weighted by atomic mass is 79.9. The van der Waals surface area contributed by atoms with Crippen LogP contribution in [0.2, 0.25) is 0 Å². The molecule has 104 valence electrons. The highest BCUT2D eigenvalue weighted by Crippen LogP contribution is 2.26. The molecule has 0 spiro atoms. The summed E-state index contributed by atoms with van der Waals surface area (Å²) in [7, 11) is 0. The summed E-state index contributed by atoms with van der Waals surface area (Å²) in [6, 6.07) is 8.77. The van der Waals surface area contributed by atoms with E-state index in [0.29, 0.717) is 14.7 Å². The Morgan fingerprint density at radius 2 is 1.90 bits per heavy atom. The van der Waals surface area contributed by atoms with Gasteiger partial charge < -0.3 is 4.74 Å². The second-order valence-electron chi connectivity index (χ2n) is 3.90. The van der Waals surface area contributed by atoms with Gasteiger partial charge in [0.15, 0.2) is 0 Å². The predicted octanol–water partition coefficient (Wildman–Crippen LogP) is 4.84. The zero-order chi connectivity index (χ0) is 14.7. The standard InChI is InChI=1S/C13H8Br2FNO3/c14-11-5-9(17(18)19)2-1-8(11)7-20-10-3-4-13(16)12(15)6-10/h1-6H,7H2. The van der Waals surface area contributed by atoms with Crippen molar-refractivity contribution in [3.05, 3.63) is 66.8 Å². The van der Waals surface area contributed by atoms with Gasteiger partial charge in [0, 0.05) is 22.2 Å². The SMILES string of the molecule is O=[N+]([O-])c1ccc(COc2ccc(F)c(Br)c2)c(Br)c1. The lowest BCUT2D eigenvalue weighted by atomic mass is 10.2. The average Bonchev–Trinajstić information content (AvgIpc) is 2.41. The summed E-state index contributed by atoms with van der Waals surface area (Å²) in [5.41, 5.74) is 0.765. The molecule has 0 aliphatic rings. The van der Waals surface area contributed by atoms with Gasteiger partial charge in [-0.2, -0.15) is 0 Å². The van der Waals surface area contributed by atoms with Crippen LogP contribution in [0.25, 0.3) is 0 Å². The summed E-state index contributed by atoms with van der Waals surface area (Å²) in [5, 5.41) is 10.6. The zero-order valence-corrected chi connectivity index (χ0v) is 13.1. The van der Waals surface area contributed by atoms with Crippen LogP contribution in [0, 0.1) is 15.9 Å². The quantitative estimate of drug-likeness (QED) is 0.541. The highest BCUT2D eigenvalue weighted by Gasteiger charge is 2.10. The molecule has 0 fully saturated rings. The van der Waals surface area contributed by atoms with Crippen LogP contribution in [0.5, 0.6) is 5.75 Å². The lowest BCUT2D eigenvalue weighted by Crippen LogP contribution is -1.98. The predicted molar refractivity (Wildman–Crippen MR) is 79.2 cm³/mol. The van der Waals surface area contributed by atoms with E-state index in [-0.39, 0.29) is 18.1 Å². The van der Waals surface area contributed by atoms with Crippen LogP contribution in [0.3, 0.4) is 0 Å². The average molecular weight is 405 g/mol. The molecule has 4 nitrogen and oxygen atoms in total. The van der Waals surface area contributed by atoms with Crippen molar-refractivity contribution in [1.29, 1.82) is 0 Å². The molecule has 0 radical (unpaired) electrons. The maximum atomic E-state index is 13.1. The van der Waals surface area contributed by atoms with E-state index in [1.165, 1.54) is 30.3 Å². The van der Waals surface area contributed by atoms with E-state index >= 15 is 0 Å². The second-order valence-corrected chi connectivity index (χ2v) is 5.61. The Morgan fingerprint density at radius 3 is 2.50 bits per heavy atom. The van der Waals surface area contributed by atoms with Gasteiger partial charge in [0.1, 0.15) is 18.2 Å². The van der Waals surface area contributed by atoms with Gasteiger partial charge in [-0.15, -0.1) is 0 Å². The van der Waals surface area contributed by atoms with E-state index in [0.717, 1.165) is 5.56 Å². The van der Waals surface area contributed by atoms with E-state index < -0.39 is 4.92 Å². The number of nitrogens with zero attached hydrogens (tertiary/aromatic N) is 1. The van der Waals surface area contributed by atoms with Crippen LogP contribution in [0.15, 0.2) is 45.3 Å². The molecule has 0 aliphatic heterocycles. The number of benzene rings is 2. The fraction of sp³-hybridized carbons (Fsp3) is 0.0769. The van der Waals surface area contributed by atoms with Gasteiger partial charge in [-0.1, -0.05) is 15.9 Å². The first-order valence-electron chi connectivity index (χ1n) is 5.48. The Hall–Kier alpha value is -1.47. The van der Waals surface area contributed by atoms with Gasteiger partial charge in [-0.05, 0) is 40.2 Å². The first-order chi connectivity index (χ1) is 9.47. The van der Waals surface area contributed by atoms with E-state index in [2.05, 4.69) is 31.9 Å². The number of nitro groups is 1. The Bertz CT molecular complexity index is 664. The van der Waals surface area contributed by atoms with E-state index in [4.69, 9.17) is 4.74 Å². The van der Waals surface area contributed by atoms with Crippen molar-refractivity contribution in [1.82, 2.24) is 0 Å². The van der Waals surface area contributed by atoms with Crippen LogP contribution in [-0.2, 0) is 6.61 Å². The van der Waals surface area contributed by atoms with Gasteiger partial charge in [-0.3, -0.25) is 10.1 Å². The lowest BCUT2D eigenvalue weighted by Gasteiger charge is -2.08. The molecule has 0 bridgehead atoms. The Kier molecular flexibility index (Phi) is 4.72. The van der Waals surface area contributed by atoms with Crippen molar-refractivity contribution in [2.45, 2.75) is 6.61 Å². The summed E-state index contributed by atoms with van der Waals surface area (Å²) >= 11 is 6.33. The third-order valence-corrected chi connectivity index (χ3v) is 3.88. The van der Waals surface area contributed by atoms with Crippen LogP contribution >= 0.6 is 31.9 Å². The van der Waals surface area contributed by atoms with E-state index in [1.54, 1.807) is 6.07 Å². The zero-order valence-electron chi connectivity index (χ0n) is 9.98. The number of nitro benzene ring substituents is 1. The molecular weight excluding hydrogens is 397 g/mol. The fourth-order valence-corrected chi connectivity index (χ4v) is 2.33. The minimum atomic E-state index is -0.466. The minimum Gasteiger partial charge on any atom is -0.489 e. The number of halogens is 3. The molecule has 2 aromatic carbocycles. The summed E-state index contributed by atoms with van der Waals surface area (Å²) in [4.78, 5) is 10.2. The Morgan fingerprint density at radius 1 is 1.15 bits per heavy atom.